The summed E-state index contributed by atoms with van der Waals surface area (Å²) in [6.07, 6.45) is -10.6. The fraction of sp³-hybridized carbons (Fsp3) is 0.562. The van der Waals surface area contributed by atoms with Crippen LogP contribution in [0.2, 0.25) is 0 Å². The summed E-state index contributed by atoms with van der Waals surface area (Å²) in [6.45, 7) is 3.08. The molecule has 0 saturated heterocycles. The molecule has 0 aliphatic carbocycles. The Morgan fingerprint density at radius 2 is 1.91 bits per heavy atom. The molecule has 0 unspecified atom stereocenters. The first-order valence-electron chi connectivity index (χ1n) is 9.03. The fourth-order valence-corrected chi connectivity index (χ4v) is 3.95. The predicted molar refractivity (Wildman–Crippen MR) is 99.2 cm³/mol. The van der Waals surface area contributed by atoms with Gasteiger partial charge in [0.2, 0.25) is 0 Å². The summed E-state index contributed by atoms with van der Waals surface area (Å²) in [7, 11) is 1.12. The number of amides is 1. The highest BCUT2D eigenvalue weighted by molar-refractivity contribution is 7.99. The molecule has 3 heterocycles. The molecule has 176 valence electrons. The van der Waals surface area contributed by atoms with Gasteiger partial charge in [-0.1, -0.05) is 11.8 Å². The highest BCUT2D eigenvalue weighted by Gasteiger charge is 2.62. The van der Waals surface area contributed by atoms with Gasteiger partial charge in [0.1, 0.15) is 11.4 Å². The van der Waals surface area contributed by atoms with Gasteiger partial charge >= 0.3 is 12.4 Å². The molecule has 0 aromatic carbocycles. The number of hydrazone groups is 1. The third-order valence-corrected chi connectivity index (χ3v) is 5.52. The summed E-state index contributed by atoms with van der Waals surface area (Å²) in [5, 5.41) is 25.0. The van der Waals surface area contributed by atoms with Crippen molar-refractivity contribution in [1.82, 2.24) is 29.6 Å². The van der Waals surface area contributed by atoms with Crippen LogP contribution >= 0.6 is 11.8 Å². The summed E-state index contributed by atoms with van der Waals surface area (Å²) < 4.78 is 81.0. The van der Waals surface area contributed by atoms with E-state index in [1.807, 2.05) is 0 Å². The van der Waals surface area contributed by atoms with Crippen molar-refractivity contribution in [1.29, 1.82) is 0 Å². The SMILES string of the molecule is CCn1c(SCC(=O)N2N=C(C)C[C@]2(O)C(F)(F)F)nnc1-c1cc(C(F)(F)F)n(C)n1. The number of thioether (sulfide) groups is 1. The second kappa shape index (κ2) is 8.06. The second-order valence-electron chi connectivity index (χ2n) is 6.91. The fourth-order valence-electron chi connectivity index (χ4n) is 3.10. The third kappa shape index (κ3) is 4.20. The van der Waals surface area contributed by atoms with Gasteiger partial charge in [-0.05, 0) is 19.9 Å². The number of alkyl halides is 6. The number of aromatic nitrogens is 5. The maximum atomic E-state index is 13.3. The van der Waals surface area contributed by atoms with Crippen molar-refractivity contribution in [3.05, 3.63) is 11.8 Å². The normalized spacial score (nSPS) is 19.6. The summed E-state index contributed by atoms with van der Waals surface area (Å²) in [5.74, 6) is -1.71. The van der Waals surface area contributed by atoms with Crippen molar-refractivity contribution in [3.63, 3.8) is 0 Å². The lowest BCUT2D eigenvalue weighted by atomic mass is 10.1. The molecular weight excluding hydrogens is 468 g/mol. The minimum atomic E-state index is -5.12. The van der Waals surface area contributed by atoms with Crippen molar-refractivity contribution in [2.24, 2.45) is 12.1 Å². The molecule has 0 fully saturated rings. The Bertz CT molecular complexity index is 1060. The van der Waals surface area contributed by atoms with Gasteiger partial charge < -0.3 is 9.67 Å². The Hall–Kier alpha value is -2.62. The van der Waals surface area contributed by atoms with Gasteiger partial charge in [0.25, 0.3) is 11.6 Å². The van der Waals surface area contributed by atoms with E-state index in [1.54, 1.807) is 6.92 Å². The van der Waals surface area contributed by atoms with Crippen molar-refractivity contribution >= 4 is 23.4 Å². The van der Waals surface area contributed by atoms with Crippen LogP contribution in [0.1, 0.15) is 26.0 Å². The van der Waals surface area contributed by atoms with Gasteiger partial charge in [-0.3, -0.25) is 9.48 Å². The summed E-state index contributed by atoms with van der Waals surface area (Å²) >= 11 is 0.705. The van der Waals surface area contributed by atoms with Crippen molar-refractivity contribution in [2.75, 3.05) is 5.75 Å². The van der Waals surface area contributed by atoms with Crippen LogP contribution in [0.4, 0.5) is 26.3 Å². The summed E-state index contributed by atoms with van der Waals surface area (Å²) in [4.78, 5) is 12.4. The van der Waals surface area contributed by atoms with Crippen LogP contribution in [-0.2, 0) is 24.6 Å². The number of aliphatic hydroxyl groups is 1. The number of carbonyl (C=O) groups excluding carboxylic acids is 1. The Balaban J connectivity index is 1.82. The van der Waals surface area contributed by atoms with Crippen molar-refractivity contribution < 1.29 is 36.2 Å². The van der Waals surface area contributed by atoms with Gasteiger partial charge in [0.15, 0.2) is 11.0 Å². The molecule has 1 amide bonds. The minimum Gasteiger partial charge on any atom is -0.362 e. The van der Waals surface area contributed by atoms with E-state index in [2.05, 4.69) is 20.4 Å². The molecule has 1 aliphatic rings. The molecule has 16 heteroatoms. The molecule has 9 nitrogen and oxygen atoms in total. The molecule has 0 saturated carbocycles. The van der Waals surface area contributed by atoms with Crippen LogP contribution in [0.3, 0.4) is 0 Å². The Kier molecular flexibility index (Phi) is 6.05. The largest absolute Gasteiger partial charge is 0.438 e. The second-order valence-corrected chi connectivity index (χ2v) is 7.85. The molecule has 1 aliphatic heterocycles. The predicted octanol–water partition coefficient (Wildman–Crippen LogP) is 2.67. The molecule has 3 rings (SSSR count). The van der Waals surface area contributed by atoms with Gasteiger partial charge in [-0.2, -0.15) is 41.6 Å². The topological polar surface area (TPSA) is 101 Å². The lowest BCUT2D eigenvalue weighted by Crippen LogP contribution is -2.57. The standard InChI is InChI=1S/C16H17F6N7O2S/c1-4-28-12(9-5-10(15(17,18)19)27(3)26-9)23-24-13(28)32-7-11(30)29-14(31,16(20,21)22)6-8(2)25-29/h5,31H,4,6-7H2,1-3H3/t14-/m0/s1. The average molecular weight is 485 g/mol. The van der Waals surface area contributed by atoms with E-state index >= 15 is 0 Å². The molecule has 0 spiro atoms. The molecule has 2 aromatic heterocycles. The van der Waals surface area contributed by atoms with Gasteiger partial charge in [-0.25, -0.2) is 0 Å². The van der Waals surface area contributed by atoms with E-state index < -0.39 is 41.9 Å². The van der Waals surface area contributed by atoms with E-state index in [9.17, 15) is 36.2 Å². The monoisotopic (exact) mass is 485 g/mol. The molecule has 1 N–H and O–H groups in total. The van der Waals surface area contributed by atoms with Gasteiger partial charge in [0, 0.05) is 25.7 Å². The Morgan fingerprint density at radius 3 is 2.44 bits per heavy atom. The van der Waals surface area contributed by atoms with Crippen LogP contribution in [0.25, 0.3) is 11.5 Å². The van der Waals surface area contributed by atoms with E-state index in [4.69, 9.17) is 0 Å². The molecule has 0 bridgehead atoms. The number of hydrogen-bond donors (Lipinski definition) is 1. The zero-order valence-electron chi connectivity index (χ0n) is 16.9. The summed E-state index contributed by atoms with van der Waals surface area (Å²) in [6, 6.07) is 0.793. The minimum absolute atomic E-state index is 0.00272. The number of hydrogen-bond acceptors (Lipinski definition) is 7. The molecule has 2 aromatic rings. The van der Waals surface area contributed by atoms with Gasteiger partial charge in [0.05, 0.1) is 5.75 Å². The Labute approximate surface area is 181 Å². The first-order chi connectivity index (χ1) is 14.7. The van der Waals surface area contributed by atoms with E-state index in [0.29, 0.717) is 16.4 Å². The van der Waals surface area contributed by atoms with Crippen LogP contribution in [-0.4, -0.2) is 63.9 Å². The summed E-state index contributed by atoms with van der Waals surface area (Å²) in [5.41, 5.74) is -4.63. The average Bonchev–Trinajstić information content (AvgIpc) is 3.33. The van der Waals surface area contributed by atoms with Crippen LogP contribution in [0, 0.1) is 0 Å². The number of carbonyl (C=O) groups is 1. The van der Waals surface area contributed by atoms with Crippen LogP contribution in [0.15, 0.2) is 16.3 Å². The van der Waals surface area contributed by atoms with Crippen LogP contribution in [0.5, 0.6) is 0 Å². The lowest BCUT2D eigenvalue weighted by Gasteiger charge is -2.32. The third-order valence-electron chi connectivity index (χ3n) is 4.57. The molecule has 0 radical (unpaired) electrons. The zero-order valence-corrected chi connectivity index (χ0v) is 17.7. The van der Waals surface area contributed by atoms with E-state index in [1.165, 1.54) is 11.5 Å². The van der Waals surface area contributed by atoms with Gasteiger partial charge in [-0.15, -0.1) is 10.2 Å². The Morgan fingerprint density at radius 1 is 1.25 bits per heavy atom. The highest BCUT2D eigenvalue weighted by atomic mass is 32.2. The van der Waals surface area contributed by atoms with Crippen molar-refractivity contribution in [2.45, 2.75) is 50.0 Å². The number of rotatable bonds is 5. The lowest BCUT2D eigenvalue weighted by molar-refractivity contribution is -0.301. The van der Waals surface area contributed by atoms with E-state index in [-0.39, 0.29) is 33.9 Å². The maximum Gasteiger partial charge on any atom is 0.438 e. The maximum absolute atomic E-state index is 13.3. The smallest absolute Gasteiger partial charge is 0.362 e. The van der Waals surface area contributed by atoms with Crippen LogP contribution < -0.4 is 0 Å². The molecular formula is C16H17F6N7O2S. The first kappa shape index (κ1) is 24.0. The van der Waals surface area contributed by atoms with Crippen molar-refractivity contribution in [3.8, 4) is 11.5 Å². The number of halogens is 6. The molecule has 32 heavy (non-hydrogen) atoms. The first-order valence-corrected chi connectivity index (χ1v) is 10.0. The molecule has 1 atom stereocenters. The number of nitrogens with zero attached hydrogens (tertiary/aromatic N) is 7. The quantitative estimate of drug-likeness (QED) is 0.516. The zero-order chi connectivity index (χ0) is 24.1. The highest BCUT2D eigenvalue weighted by Crippen LogP contribution is 2.40. The van der Waals surface area contributed by atoms with E-state index in [0.717, 1.165) is 13.1 Å². The number of aryl methyl sites for hydroxylation is 1.